The Morgan fingerprint density at radius 1 is 1.27 bits per heavy atom. The van der Waals surface area contributed by atoms with Gasteiger partial charge in [-0.05, 0) is 41.0 Å². The van der Waals surface area contributed by atoms with E-state index >= 15 is 0 Å². The second kappa shape index (κ2) is 8.41. The summed E-state index contributed by atoms with van der Waals surface area (Å²) in [5, 5.41) is 5.86. The van der Waals surface area contributed by atoms with Crippen LogP contribution in [0.3, 0.4) is 0 Å². The Bertz CT molecular complexity index is 472. The molecule has 0 bridgehead atoms. The van der Waals surface area contributed by atoms with Crippen LogP contribution < -0.4 is 15.4 Å². The Morgan fingerprint density at radius 3 is 2.64 bits per heavy atom. The van der Waals surface area contributed by atoms with Crippen molar-refractivity contribution in [2.24, 2.45) is 0 Å². The summed E-state index contributed by atoms with van der Waals surface area (Å²) in [5.41, 5.74) is -0.476. The van der Waals surface area contributed by atoms with Gasteiger partial charge >= 0.3 is 6.09 Å². The van der Waals surface area contributed by atoms with E-state index in [1.54, 1.807) is 6.07 Å². The SMILES string of the molecule is CC(C)Oc1cc(NCCCNC(=O)OC(C)(C)C)ncn1. The van der Waals surface area contributed by atoms with E-state index in [9.17, 15) is 4.79 Å². The average molecular weight is 310 g/mol. The van der Waals surface area contributed by atoms with Gasteiger partial charge in [0.15, 0.2) is 0 Å². The molecule has 7 heteroatoms. The molecule has 0 unspecified atom stereocenters. The highest BCUT2D eigenvalue weighted by molar-refractivity contribution is 5.67. The number of alkyl carbamates (subject to hydrolysis) is 1. The third-order valence-corrected chi connectivity index (χ3v) is 2.33. The summed E-state index contributed by atoms with van der Waals surface area (Å²) in [7, 11) is 0. The molecule has 7 nitrogen and oxygen atoms in total. The first-order valence-electron chi connectivity index (χ1n) is 7.45. The van der Waals surface area contributed by atoms with Crippen molar-refractivity contribution in [1.29, 1.82) is 0 Å². The number of ether oxygens (including phenoxy) is 2. The summed E-state index contributed by atoms with van der Waals surface area (Å²) in [4.78, 5) is 19.6. The molecule has 0 saturated heterocycles. The number of hydrogen-bond donors (Lipinski definition) is 2. The zero-order valence-electron chi connectivity index (χ0n) is 14.0. The Morgan fingerprint density at radius 2 is 2.00 bits per heavy atom. The Kier molecular flexibility index (Phi) is 6.88. The van der Waals surface area contributed by atoms with Crippen molar-refractivity contribution in [3.8, 4) is 5.88 Å². The molecule has 1 amide bonds. The quantitative estimate of drug-likeness (QED) is 0.753. The highest BCUT2D eigenvalue weighted by Crippen LogP contribution is 2.12. The molecule has 0 fully saturated rings. The number of aromatic nitrogens is 2. The second-order valence-electron chi connectivity index (χ2n) is 6.12. The van der Waals surface area contributed by atoms with Gasteiger partial charge in [-0.2, -0.15) is 0 Å². The van der Waals surface area contributed by atoms with Gasteiger partial charge in [-0.15, -0.1) is 0 Å². The van der Waals surface area contributed by atoms with Gasteiger partial charge in [0.05, 0.1) is 6.10 Å². The van der Waals surface area contributed by atoms with Crippen molar-refractivity contribution in [2.45, 2.75) is 52.7 Å². The Balaban J connectivity index is 2.23. The molecular weight excluding hydrogens is 284 g/mol. The van der Waals surface area contributed by atoms with Crippen LogP contribution in [0, 0.1) is 0 Å². The monoisotopic (exact) mass is 310 g/mol. The fraction of sp³-hybridized carbons (Fsp3) is 0.667. The highest BCUT2D eigenvalue weighted by Gasteiger charge is 2.15. The van der Waals surface area contributed by atoms with Crippen LogP contribution in [-0.2, 0) is 4.74 Å². The molecule has 1 aromatic rings. The fourth-order valence-electron chi connectivity index (χ4n) is 1.55. The van der Waals surface area contributed by atoms with Crippen molar-refractivity contribution >= 4 is 11.9 Å². The lowest BCUT2D eigenvalue weighted by atomic mass is 10.2. The molecule has 2 N–H and O–H groups in total. The van der Waals surface area contributed by atoms with Crippen LogP contribution in [0.2, 0.25) is 0 Å². The summed E-state index contributed by atoms with van der Waals surface area (Å²) in [6, 6.07) is 1.75. The van der Waals surface area contributed by atoms with Crippen LogP contribution in [0.5, 0.6) is 5.88 Å². The van der Waals surface area contributed by atoms with Crippen molar-refractivity contribution in [1.82, 2.24) is 15.3 Å². The van der Waals surface area contributed by atoms with Crippen LogP contribution >= 0.6 is 0 Å². The third-order valence-electron chi connectivity index (χ3n) is 2.33. The van der Waals surface area contributed by atoms with Gasteiger partial charge in [-0.3, -0.25) is 0 Å². The predicted molar refractivity (Wildman–Crippen MR) is 85.1 cm³/mol. The maximum absolute atomic E-state index is 11.4. The summed E-state index contributed by atoms with van der Waals surface area (Å²) >= 11 is 0. The lowest BCUT2D eigenvalue weighted by Crippen LogP contribution is -2.33. The molecule has 1 heterocycles. The van der Waals surface area contributed by atoms with Crippen LogP contribution in [0.1, 0.15) is 41.0 Å². The van der Waals surface area contributed by atoms with Gasteiger partial charge in [0.25, 0.3) is 0 Å². The normalized spacial score (nSPS) is 11.2. The molecule has 1 aromatic heterocycles. The molecule has 0 saturated carbocycles. The van der Waals surface area contributed by atoms with Crippen LogP contribution in [0.25, 0.3) is 0 Å². The molecule has 0 atom stereocenters. The molecule has 124 valence electrons. The number of anilines is 1. The standard InChI is InChI=1S/C15H26N4O3/c1-11(2)21-13-9-12(18-10-19-13)16-7-6-8-17-14(20)22-15(3,4)5/h9-11H,6-8H2,1-5H3,(H,17,20)(H,16,18,19). The summed E-state index contributed by atoms with van der Waals surface area (Å²) in [6.07, 6.45) is 1.88. The number of nitrogens with one attached hydrogen (secondary N) is 2. The number of carbonyl (C=O) groups is 1. The predicted octanol–water partition coefficient (Wildman–Crippen LogP) is 2.59. The van der Waals surface area contributed by atoms with E-state index in [-0.39, 0.29) is 6.10 Å². The number of amides is 1. The van der Waals surface area contributed by atoms with Gasteiger partial charge in [-0.1, -0.05) is 0 Å². The molecule has 0 radical (unpaired) electrons. The summed E-state index contributed by atoms with van der Waals surface area (Å²) < 4.78 is 10.6. The number of carbonyl (C=O) groups excluding carboxylic acids is 1. The van der Waals surface area contributed by atoms with Crippen LogP contribution in [-0.4, -0.2) is 40.9 Å². The second-order valence-corrected chi connectivity index (χ2v) is 6.12. The maximum Gasteiger partial charge on any atom is 0.407 e. The van der Waals surface area contributed by atoms with E-state index in [0.29, 0.717) is 24.8 Å². The van der Waals surface area contributed by atoms with Gasteiger partial charge in [0.2, 0.25) is 5.88 Å². The first-order valence-corrected chi connectivity index (χ1v) is 7.45. The van der Waals surface area contributed by atoms with Crippen molar-refractivity contribution < 1.29 is 14.3 Å². The Labute approximate surface area is 131 Å². The smallest absolute Gasteiger partial charge is 0.407 e. The molecule has 22 heavy (non-hydrogen) atoms. The number of rotatable bonds is 7. The van der Waals surface area contributed by atoms with Crippen molar-refractivity contribution in [3.63, 3.8) is 0 Å². The van der Waals surface area contributed by atoms with Crippen molar-refractivity contribution in [3.05, 3.63) is 12.4 Å². The molecule has 0 aliphatic carbocycles. The summed E-state index contributed by atoms with van der Waals surface area (Å²) in [6.45, 7) is 10.6. The van der Waals surface area contributed by atoms with E-state index in [2.05, 4.69) is 20.6 Å². The largest absolute Gasteiger partial charge is 0.475 e. The molecule has 1 rings (SSSR count). The first kappa shape index (κ1) is 18.0. The van der Waals surface area contributed by atoms with Gasteiger partial charge in [0, 0.05) is 19.2 Å². The average Bonchev–Trinajstić information content (AvgIpc) is 2.35. The van der Waals surface area contributed by atoms with Crippen LogP contribution in [0.15, 0.2) is 12.4 Å². The van der Waals surface area contributed by atoms with Gasteiger partial charge in [-0.25, -0.2) is 14.8 Å². The van der Waals surface area contributed by atoms with Gasteiger partial charge in [0.1, 0.15) is 17.7 Å². The fourth-order valence-corrected chi connectivity index (χ4v) is 1.55. The summed E-state index contributed by atoms with van der Waals surface area (Å²) in [5.74, 6) is 1.24. The van der Waals surface area contributed by atoms with Crippen LogP contribution in [0.4, 0.5) is 10.6 Å². The topological polar surface area (TPSA) is 85.4 Å². The molecule has 0 aliphatic heterocycles. The van der Waals surface area contributed by atoms with Crippen molar-refractivity contribution in [2.75, 3.05) is 18.4 Å². The number of hydrogen-bond acceptors (Lipinski definition) is 6. The van der Waals surface area contributed by atoms with E-state index in [1.165, 1.54) is 6.33 Å². The molecule has 0 aromatic carbocycles. The minimum absolute atomic E-state index is 0.0702. The Hall–Kier alpha value is -2.05. The van der Waals surface area contributed by atoms with E-state index in [1.807, 2.05) is 34.6 Å². The minimum Gasteiger partial charge on any atom is -0.475 e. The molecule has 0 aliphatic rings. The third kappa shape index (κ3) is 8.28. The van der Waals surface area contributed by atoms with E-state index in [0.717, 1.165) is 6.42 Å². The van der Waals surface area contributed by atoms with E-state index in [4.69, 9.17) is 9.47 Å². The minimum atomic E-state index is -0.476. The zero-order chi connectivity index (χ0) is 16.6. The number of nitrogens with zero attached hydrogens (tertiary/aromatic N) is 2. The lowest BCUT2D eigenvalue weighted by Gasteiger charge is -2.19. The molecular formula is C15H26N4O3. The highest BCUT2D eigenvalue weighted by atomic mass is 16.6. The zero-order valence-corrected chi connectivity index (χ0v) is 14.0. The maximum atomic E-state index is 11.4. The molecule has 0 spiro atoms. The van der Waals surface area contributed by atoms with E-state index < -0.39 is 11.7 Å². The van der Waals surface area contributed by atoms with Gasteiger partial charge < -0.3 is 20.1 Å². The lowest BCUT2D eigenvalue weighted by molar-refractivity contribution is 0.0528. The first-order chi connectivity index (χ1) is 10.3.